The Balaban J connectivity index is 1.46. The zero-order valence-corrected chi connectivity index (χ0v) is 16.5. The Bertz CT molecular complexity index is 914. The van der Waals surface area contributed by atoms with Gasteiger partial charge in [-0.25, -0.2) is 4.98 Å². The van der Waals surface area contributed by atoms with Crippen LogP contribution in [0.3, 0.4) is 0 Å². The topological polar surface area (TPSA) is 69.7 Å². The van der Waals surface area contributed by atoms with E-state index in [4.69, 9.17) is 14.2 Å². The number of pyridine rings is 1. The van der Waals surface area contributed by atoms with Gasteiger partial charge in [-0.05, 0) is 30.2 Å². The third-order valence-corrected chi connectivity index (χ3v) is 4.24. The van der Waals surface area contributed by atoms with Crippen LogP contribution in [-0.4, -0.2) is 24.1 Å². The van der Waals surface area contributed by atoms with Crippen molar-refractivity contribution in [3.63, 3.8) is 0 Å². The minimum atomic E-state index is -0.543. The smallest absolute Gasteiger partial charge is 0.249 e. The lowest BCUT2D eigenvalue weighted by Crippen LogP contribution is -2.34. The van der Waals surface area contributed by atoms with Crippen molar-refractivity contribution in [1.82, 2.24) is 10.3 Å². The molecule has 6 nitrogen and oxygen atoms in total. The van der Waals surface area contributed by atoms with Crippen LogP contribution in [0.15, 0.2) is 72.9 Å². The van der Waals surface area contributed by atoms with E-state index in [2.05, 4.69) is 10.3 Å². The SMILES string of the molecule is COc1cccc(Oc2ccc(CNC(=O)C(C)OCc3ccccc3)cn2)c1. The summed E-state index contributed by atoms with van der Waals surface area (Å²) in [5.74, 6) is 1.65. The van der Waals surface area contributed by atoms with Crippen molar-refractivity contribution in [3.8, 4) is 17.4 Å². The highest BCUT2D eigenvalue weighted by Crippen LogP contribution is 2.23. The average molecular weight is 392 g/mol. The molecule has 0 saturated heterocycles. The molecular formula is C23H24N2O4. The molecule has 0 radical (unpaired) electrons. The van der Waals surface area contributed by atoms with E-state index < -0.39 is 6.10 Å². The fourth-order valence-electron chi connectivity index (χ4n) is 2.57. The van der Waals surface area contributed by atoms with E-state index in [0.717, 1.165) is 11.1 Å². The van der Waals surface area contributed by atoms with E-state index in [0.29, 0.717) is 30.5 Å². The maximum atomic E-state index is 12.2. The first kappa shape index (κ1) is 20.4. The monoisotopic (exact) mass is 392 g/mol. The van der Waals surface area contributed by atoms with Gasteiger partial charge in [0.05, 0.1) is 13.7 Å². The molecule has 0 spiro atoms. The van der Waals surface area contributed by atoms with Crippen LogP contribution >= 0.6 is 0 Å². The number of aromatic nitrogens is 1. The second-order valence-electron chi connectivity index (χ2n) is 6.44. The molecule has 2 aromatic carbocycles. The number of methoxy groups -OCH3 is 1. The molecule has 3 aromatic rings. The quantitative estimate of drug-likeness (QED) is 0.594. The lowest BCUT2D eigenvalue weighted by Gasteiger charge is -2.13. The average Bonchev–Trinajstić information content (AvgIpc) is 2.77. The van der Waals surface area contributed by atoms with E-state index in [1.807, 2.05) is 54.6 Å². The molecule has 1 unspecified atom stereocenters. The van der Waals surface area contributed by atoms with Crippen LogP contribution in [0, 0.1) is 0 Å². The number of amides is 1. The van der Waals surface area contributed by atoms with Crippen molar-refractivity contribution >= 4 is 5.91 Å². The molecule has 0 fully saturated rings. The van der Waals surface area contributed by atoms with Crippen LogP contribution in [0.2, 0.25) is 0 Å². The van der Waals surface area contributed by atoms with E-state index in [1.54, 1.807) is 32.4 Å². The minimum Gasteiger partial charge on any atom is -0.497 e. The Morgan fingerprint density at radius 1 is 1.00 bits per heavy atom. The predicted molar refractivity (Wildman–Crippen MR) is 110 cm³/mol. The van der Waals surface area contributed by atoms with Gasteiger partial charge in [0.15, 0.2) is 0 Å². The highest BCUT2D eigenvalue weighted by Gasteiger charge is 2.13. The Morgan fingerprint density at radius 3 is 2.52 bits per heavy atom. The molecule has 1 aromatic heterocycles. The number of ether oxygens (including phenoxy) is 3. The van der Waals surface area contributed by atoms with Crippen LogP contribution in [0.5, 0.6) is 17.4 Å². The highest BCUT2D eigenvalue weighted by atomic mass is 16.5. The third kappa shape index (κ3) is 6.33. The van der Waals surface area contributed by atoms with Gasteiger partial charge < -0.3 is 19.5 Å². The molecular weight excluding hydrogens is 368 g/mol. The molecule has 1 atom stereocenters. The fraction of sp³-hybridized carbons (Fsp3) is 0.217. The first-order valence-electron chi connectivity index (χ1n) is 9.34. The van der Waals surface area contributed by atoms with Crippen molar-refractivity contribution in [2.24, 2.45) is 0 Å². The summed E-state index contributed by atoms with van der Waals surface area (Å²) >= 11 is 0. The molecule has 1 N–H and O–H groups in total. The number of nitrogens with one attached hydrogen (secondary N) is 1. The van der Waals surface area contributed by atoms with Crippen LogP contribution in [-0.2, 0) is 22.7 Å². The van der Waals surface area contributed by atoms with Gasteiger partial charge in [0.2, 0.25) is 11.8 Å². The van der Waals surface area contributed by atoms with Gasteiger partial charge in [-0.15, -0.1) is 0 Å². The highest BCUT2D eigenvalue weighted by molar-refractivity contribution is 5.80. The molecule has 0 aliphatic heterocycles. The van der Waals surface area contributed by atoms with E-state index >= 15 is 0 Å². The van der Waals surface area contributed by atoms with Gasteiger partial charge in [-0.3, -0.25) is 4.79 Å². The van der Waals surface area contributed by atoms with Crippen molar-refractivity contribution in [1.29, 1.82) is 0 Å². The second-order valence-corrected chi connectivity index (χ2v) is 6.44. The Morgan fingerprint density at radius 2 is 1.79 bits per heavy atom. The number of hydrogen-bond acceptors (Lipinski definition) is 5. The summed E-state index contributed by atoms with van der Waals surface area (Å²) in [4.78, 5) is 16.5. The van der Waals surface area contributed by atoms with Gasteiger partial charge in [0, 0.05) is 24.9 Å². The molecule has 29 heavy (non-hydrogen) atoms. The third-order valence-electron chi connectivity index (χ3n) is 4.24. The Labute approximate surface area is 170 Å². The van der Waals surface area contributed by atoms with Crippen LogP contribution in [0.25, 0.3) is 0 Å². The van der Waals surface area contributed by atoms with Crippen molar-refractivity contribution in [3.05, 3.63) is 84.1 Å². The summed E-state index contributed by atoms with van der Waals surface area (Å²) in [6.07, 6.45) is 1.13. The maximum absolute atomic E-state index is 12.2. The predicted octanol–water partition coefficient (Wildman–Crippen LogP) is 4.10. The molecule has 1 amide bonds. The standard InChI is InChI=1S/C23H24N2O4/c1-17(28-16-18-7-4-3-5-8-18)23(26)25-15-19-11-12-22(24-14-19)29-21-10-6-9-20(13-21)27-2/h3-14,17H,15-16H2,1-2H3,(H,25,26). The Kier molecular flexibility index (Phi) is 7.19. The van der Waals surface area contributed by atoms with Gasteiger partial charge in [-0.2, -0.15) is 0 Å². The normalized spacial score (nSPS) is 11.5. The number of benzene rings is 2. The number of rotatable bonds is 9. The first-order chi connectivity index (χ1) is 14.1. The number of carbonyl (C=O) groups is 1. The van der Waals surface area contributed by atoms with Crippen molar-refractivity contribution in [2.45, 2.75) is 26.2 Å². The van der Waals surface area contributed by atoms with E-state index in [-0.39, 0.29) is 5.91 Å². The van der Waals surface area contributed by atoms with E-state index in [9.17, 15) is 4.79 Å². The van der Waals surface area contributed by atoms with Gasteiger partial charge >= 0.3 is 0 Å². The maximum Gasteiger partial charge on any atom is 0.249 e. The van der Waals surface area contributed by atoms with Crippen LogP contribution in [0.1, 0.15) is 18.1 Å². The summed E-state index contributed by atoms with van der Waals surface area (Å²) in [5.41, 5.74) is 1.90. The molecule has 0 aliphatic carbocycles. The molecule has 1 heterocycles. The second kappa shape index (κ2) is 10.2. The zero-order chi connectivity index (χ0) is 20.5. The molecule has 0 saturated carbocycles. The van der Waals surface area contributed by atoms with Crippen molar-refractivity contribution in [2.75, 3.05) is 7.11 Å². The summed E-state index contributed by atoms with van der Waals surface area (Å²) in [7, 11) is 1.61. The number of hydrogen-bond donors (Lipinski definition) is 1. The Hall–Kier alpha value is -3.38. The minimum absolute atomic E-state index is 0.169. The van der Waals surface area contributed by atoms with Crippen molar-refractivity contribution < 1.29 is 19.0 Å². The van der Waals surface area contributed by atoms with E-state index in [1.165, 1.54) is 0 Å². The summed E-state index contributed by atoms with van der Waals surface area (Å²) in [6.45, 7) is 2.50. The summed E-state index contributed by atoms with van der Waals surface area (Å²) in [5, 5.41) is 2.86. The molecule has 150 valence electrons. The molecule has 6 heteroatoms. The lowest BCUT2D eigenvalue weighted by molar-refractivity contribution is -0.132. The lowest BCUT2D eigenvalue weighted by atomic mass is 10.2. The van der Waals surface area contributed by atoms with Gasteiger partial charge in [-0.1, -0.05) is 42.5 Å². The largest absolute Gasteiger partial charge is 0.497 e. The zero-order valence-electron chi connectivity index (χ0n) is 16.5. The molecule has 0 aliphatic rings. The fourth-order valence-corrected chi connectivity index (χ4v) is 2.57. The summed E-state index contributed by atoms with van der Waals surface area (Å²) < 4.78 is 16.5. The first-order valence-corrected chi connectivity index (χ1v) is 9.34. The van der Waals surface area contributed by atoms with Crippen LogP contribution < -0.4 is 14.8 Å². The number of carbonyl (C=O) groups excluding carboxylic acids is 1. The van der Waals surface area contributed by atoms with Crippen LogP contribution in [0.4, 0.5) is 0 Å². The molecule has 3 rings (SSSR count). The van der Waals surface area contributed by atoms with Gasteiger partial charge in [0.25, 0.3) is 0 Å². The van der Waals surface area contributed by atoms with Gasteiger partial charge in [0.1, 0.15) is 17.6 Å². The number of nitrogens with zero attached hydrogens (tertiary/aromatic N) is 1. The molecule has 0 bridgehead atoms. The summed E-state index contributed by atoms with van der Waals surface area (Å²) in [6, 6.07) is 20.7.